The van der Waals surface area contributed by atoms with Crippen molar-refractivity contribution in [1.82, 2.24) is 15.1 Å². The van der Waals surface area contributed by atoms with Crippen LogP contribution < -0.4 is 5.32 Å². The molecule has 5 nitrogen and oxygen atoms in total. The van der Waals surface area contributed by atoms with E-state index in [1.54, 1.807) is 17.0 Å². The predicted octanol–water partition coefficient (Wildman–Crippen LogP) is 1.49. The zero-order valence-electron chi connectivity index (χ0n) is 11.6. The molecule has 0 atom stereocenters. The summed E-state index contributed by atoms with van der Waals surface area (Å²) >= 11 is 5.33. The molecule has 0 radical (unpaired) electrons. The Balaban J connectivity index is 1.82. The van der Waals surface area contributed by atoms with Gasteiger partial charge in [0.1, 0.15) is 0 Å². The maximum absolute atomic E-state index is 12.1. The number of furan rings is 1. The number of rotatable bonds is 3. The number of nitrogens with zero attached hydrogens (tertiary/aromatic N) is 2. The van der Waals surface area contributed by atoms with E-state index in [9.17, 15) is 4.79 Å². The molecule has 0 bridgehead atoms. The smallest absolute Gasteiger partial charge is 0.289 e. The van der Waals surface area contributed by atoms with Gasteiger partial charge in [-0.05, 0) is 31.3 Å². The standard InChI is InChI=1S/C14H19N3O2S/c1-11(2)10-15-14(20)17-7-5-16(6-8-17)13(18)12-4-3-9-19-12/h3-4,9H,1,5-8,10H2,2H3,(H,15,20). The number of carbonyl (C=O) groups excluding carboxylic acids is 1. The summed E-state index contributed by atoms with van der Waals surface area (Å²) in [6.07, 6.45) is 1.51. The van der Waals surface area contributed by atoms with Crippen LogP contribution in [0.3, 0.4) is 0 Å². The van der Waals surface area contributed by atoms with Crippen molar-refractivity contribution in [2.75, 3.05) is 32.7 Å². The molecule has 6 heteroatoms. The van der Waals surface area contributed by atoms with E-state index in [0.717, 1.165) is 23.8 Å². The average molecular weight is 293 g/mol. The van der Waals surface area contributed by atoms with Crippen molar-refractivity contribution in [3.63, 3.8) is 0 Å². The van der Waals surface area contributed by atoms with Gasteiger partial charge in [-0.3, -0.25) is 4.79 Å². The van der Waals surface area contributed by atoms with Crippen LogP contribution in [-0.2, 0) is 0 Å². The molecular formula is C14H19N3O2S. The normalized spacial score (nSPS) is 15.1. The number of hydrogen-bond donors (Lipinski definition) is 1. The highest BCUT2D eigenvalue weighted by Gasteiger charge is 2.24. The molecular weight excluding hydrogens is 274 g/mol. The summed E-state index contributed by atoms with van der Waals surface area (Å²) in [7, 11) is 0. The highest BCUT2D eigenvalue weighted by molar-refractivity contribution is 7.80. The van der Waals surface area contributed by atoms with Crippen LogP contribution >= 0.6 is 12.2 Å². The highest BCUT2D eigenvalue weighted by atomic mass is 32.1. The van der Waals surface area contributed by atoms with Gasteiger partial charge in [-0.2, -0.15) is 0 Å². The summed E-state index contributed by atoms with van der Waals surface area (Å²) in [6.45, 7) is 9.23. The Morgan fingerprint density at radius 1 is 1.40 bits per heavy atom. The van der Waals surface area contributed by atoms with E-state index < -0.39 is 0 Å². The first kappa shape index (κ1) is 14.6. The van der Waals surface area contributed by atoms with E-state index in [-0.39, 0.29) is 5.91 Å². The molecule has 0 saturated carbocycles. The Labute approximate surface area is 124 Å². The maximum atomic E-state index is 12.1. The van der Waals surface area contributed by atoms with Gasteiger partial charge >= 0.3 is 0 Å². The average Bonchev–Trinajstić information content (AvgIpc) is 2.98. The molecule has 1 amide bonds. The number of carbonyl (C=O) groups is 1. The van der Waals surface area contributed by atoms with Crippen molar-refractivity contribution >= 4 is 23.2 Å². The largest absolute Gasteiger partial charge is 0.459 e. The molecule has 0 spiro atoms. The first-order valence-electron chi connectivity index (χ1n) is 6.58. The van der Waals surface area contributed by atoms with E-state index in [0.29, 0.717) is 25.4 Å². The fourth-order valence-electron chi connectivity index (χ4n) is 2.01. The second-order valence-corrected chi connectivity index (χ2v) is 5.26. The van der Waals surface area contributed by atoms with Gasteiger partial charge < -0.3 is 19.5 Å². The second kappa shape index (κ2) is 6.56. The summed E-state index contributed by atoms with van der Waals surface area (Å²) in [5, 5.41) is 3.88. The molecule has 1 aliphatic heterocycles. The molecule has 1 fully saturated rings. The topological polar surface area (TPSA) is 48.7 Å². The molecule has 1 N–H and O–H groups in total. The summed E-state index contributed by atoms with van der Waals surface area (Å²) in [5.74, 6) is 0.330. The number of hydrogen-bond acceptors (Lipinski definition) is 3. The van der Waals surface area contributed by atoms with Gasteiger partial charge in [-0.15, -0.1) is 0 Å². The van der Waals surface area contributed by atoms with Crippen LogP contribution in [0, 0.1) is 0 Å². The van der Waals surface area contributed by atoms with Crippen molar-refractivity contribution in [3.05, 3.63) is 36.3 Å². The lowest BCUT2D eigenvalue weighted by molar-refractivity contribution is 0.0659. The van der Waals surface area contributed by atoms with Gasteiger partial charge in [0, 0.05) is 32.7 Å². The number of amides is 1. The minimum atomic E-state index is -0.0598. The molecule has 0 aliphatic carbocycles. The SMILES string of the molecule is C=C(C)CNC(=S)N1CCN(C(=O)c2ccco2)CC1. The van der Waals surface area contributed by atoms with Crippen LogP contribution in [0.1, 0.15) is 17.5 Å². The Morgan fingerprint density at radius 3 is 2.60 bits per heavy atom. The lowest BCUT2D eigenvalue weighted by Crippen LogP contribution is -2.53. The minimum Gasteiger partial charge on any atom is -0.459 e. The van der Waals surface area contributed by atoms with Gasteiger partial charge in [0.15, 0.2) is 10.9 Å². The quantitative estimate of drug-likeness (QED) is 0.676. The third-order valence-electron chi connectivity index (χ3n) is 3.13. The summed E-state index contributed by atoms with van der Waals surface area (Å²) in [4.78, 5) is 16.0. The molecule has 108 valence electrons. The monoisotopic (exact) mass is 293 g/mol. The van der Waals surface area contributed by atoms with Gasteiger partial charge in [-0.25, -0.2) is 0 Å². The minimum absolute atomic E-state index is 0.0598. The van der Waals surface area contributed by atoms with Crippen LogP contribution in [0.4, 0.5) is 0 Å². The van der Waals surface area contributed by atoms with Gasteiger partial charge in [-0.1, -0.05) is 12.2 Å². The van der Waals surface area contributed by atoms with E-state index in [4.69, 9.17) is 16.6 Å². The van der Waals surface area contributed by atoms with Crippen LogP contribution in [-0.4, -0.2) is 53.5 Å². The third-order valence-corrected chi connectivity index (χ3v) is 3.53. The van der Waals surface area contributed by atoms with Crippen LogP contribution in [0.2, 0.25) is 0 Å². The molecule has 0 unspecified atom stereocenters. The highest BCUT2D eigenvalue weighted by Crippen LogP contribution is 2.09. The molecule has 1 aromatic rings. The molecule has 1 aromatic heterocycles. The zero-order chi connectivity index (χ0) is 14.5. The van der Waals surface area contributed by atoms with E-state index in [1.807, 2.05) is 6.92 Å². The zero-order valence-corrected chi connectivity index (χ0v) is 12.4. The first-order chi connectivity index (χ1) is 9.58. The number of nitrogens with one attached hydrogen (secondary N) is 1. The first-order valence-corrected chi connectivity index (χ1v) is 6.98. The molecule has 20 heavy (non-hydrogen) atoms. The molecule has 0 aromatic carbocycles. The van der Waals surface area contributed by atoms with Crippen molar-refractivity contribution < 1.29 is 9.21 Å². The van der Waals surface area contributed by atoms with Gasteiger partial charge in [0.25, 0.3) is 5.91 Å². The Morgan fingerprint density at radius 2 is 2.05 bits per heavy atom. The van der Waals surface area contributed by atoms with E-state index in [2.05, 4.69) is 16.8 Å². The Kier molecular flexibility index (Phi) is 4.79. The van der Waals surface area contributed by atoms with Crippen molar-refractivity contribution in [2.45, 2.75) is 6.92 Å². The van der Waals surface area contributed by atoms with E-state index in [1.165, 1.54) is 6.26 Å². The van der Waals surface area contributed by atoms with Gasteiger partial charge in [0.05, 0.1) is 6.26 Å². The second-order valence-electron chi connectivity index (χ2n) is 4.87. The summed E-state index contributed by atoms with van der Waals surface area (Å²) in [6, 6.07) is 3.41. The maximum Gasteiger partial charge on any atom is 0.289 e. The summed E-state index contributed by atoms with van der Waals surface area (Å²) < 4.78 is 5.14. The molecule has 2 heterocycles. The molecule has 2 rings (SSSR count). The Hall–Kier alpha value is -1.82. The lowest BCUT2D eigenvalue weighted by Gasteiger charge is -2.35. The van der Waals surface area contributed by atoms with Crippen LogP contribution in [0.15, 0.2) is 35.0 Å². The van der Waals surface area contributed by atoms with Crippen LogP contribution in [0.25, 0.3) is 0 Å². The van der Waals surface area contributed by atoms with Crippen molar-refractivity contribution in [1.29, 1.82) is 0 Å². The predicted molar refractivity (Wildman–Crippen MR) is 81.6 cm³/mol. The van der Waals surface area contributed by atoms with Crippen molar-refractivity contribution in [2.24, 2.45) is 0 Å². The van der Waals surface area contributed by atoms with Crippen molar-refractivity contribution in [3.8, 4) is 0 Å². The lowest BCUT2D eigenvalue weighted by atomic mass is 10.3. The molecule has 1 saturated heterocycles. The Bertz CT molecular complexity index is 491. The fourth-order valence-corrected chi connectivity index (χ4v) is 2.26. The van der Waals surface area contributed by atoms with E-state index >= 15 is 0 Å². The van der Waals surface area contributed by atoms with Gasteiger partial charge in [0.2, 0.25) is 0 Å². The number of thiocarbonyl (C=S) groups is 1. The fraction of sp³-hybridized carbons (Fsp3) is 0.429. The third kappa shape index (κ3) is 3.60. The number of piperazine rings is 1. The molecule has 1 aliphatic rings. The van der Waals surface area contributed by atoms with Crippen LogP contribution in [0.5, 0.6) is 0 Å². The summed E-state index contributed by atoms with van der Waals surface area (Å²) in [5.41, 5.74) is 1.04.